The number of thioether (sulfide) groups is 1. The average Bonchev–Trinajstić information content (AvgIpc) is 3.41. The van der Waals surface area contributed by atoms with Gasteiger partial charge in [0, 0.05) is 18.2 Å². The summed E-state index contributed by atoms with van der Waals surface area (Å²) in [6.45, 7) is 1.38. The van der Waals surface area contributed by atoms with Gasteiger partial charge in [0.05, 0.1) is 36.1 Å². The summed E-state index contributed by atoms with van der Waals surface area (Å²) in [5.74, 6) is 0.543. The Hall–Kier alpha value is -2.17. The molecule has 8 nitrogen and oxygen atoms in total. The molecule has 1 saturated heterocycles. The fourth-order valence-electron chi connectivity index (χ4n) is 3.02. The predicted octanol–water partition coefficient (Wildman–Crippen LogP) is 2.58. The standard InChI is InChI=1S/C17H19N5O3S2/c1-24-12(23)9-26-17-21-20-15(22(17)8-10-4-3-7-25-10)14-13(18)11-5-2-6-19-16(11)27-14/h2,5-6,10H,3-4,7-9,18H2,1H3/t10-/m1/s1. The van der Waals surface area contributed by atoms with Crippen LogP contribution in [-0.2, 0) is 20.8 Å². The molecule has 1 aliphatic heterocycles. The van der Waals surface area contributed by atoms with Gasteiger partial charge in [-0.1, -0.05) is 11.8 Å². The molecule has 0 bridgehead atoms. The topological polar surface area (TPSA) is 105 Å². The molecule has 142 valence electrons. The predicted molar refractivity (Wildman–Crippen MR) is 105 cm³/mol. The van der Waals surface area contributed by atoms with Crippen LogP contribution in [-0.4, -0.2) is 51.3 Å². The Kier molecular flexibility index (Phi) is 5.28. The van der Waals surface area contributed by atoms with Crippen molar-refractivity contribution in [3.05, 3.63) is 18.3 Å². The van der Waals surface area contributed by atoms with Crippen LogP contribution in [0.3, 0.4) is 0 Å². The number of pyridine rings is 1. The molecule has 0 saturated carbocycles. The van der Waals surface area contributed by atoms with E-state index in [1.807, 2.05) is 16.7 Å². The van der Waals surface area contributed by atoms with Gasteiger partial charge in [-0.05, 0) is 25.0 Å². The number of aromatic nitrogens is 4. The lowest BCUT2D eigenvalue weighted by atomic mass is 10.2. The Labute approximate surface area is 164 Å². The minimum absolute atomic E-state index is 0.103. The van der Waals surface area contributed by atoms with Crippen molar-refractivity contribution in [1.82, 2.24) is 19.7 Å². The highest BCUT2D eigenvalue weighted by Crippen LogP contribution is 2.40. The highest BCUT2D eigenvalue weighted by molar-refractivity contribution is 7.99. The number of esters is 1. The van der Waals surface area contributed by atoms with Crippen LogP contribution in [0.1, 0.15) is 12.8 Å². The Bertz CT molecular complexity index is 965. The van der Waals surface area contributed by atoms with E-state index in [2.05, 4.69) is 15.2 Å². The van der Waals surface area contributed by atoms with Crippen LogP contribution in [0.2, 0.25) is 0 Å². The number of anilines is 1. The van der Waals surface area contributed by atoms with Gasteiger partial charge in [-0.2, -0.15) is 0 Å². The van der Waals surface area contributed by atoms with Gasteiger partial charge >= 0.3 is 5.97 Å². The quantitative estimate of drug-likeness (QED) is 0.493. The maximum absolute atomic E-state index is 11.5. The van der Waals surface area contributed by atoms with E-state index < -0.39 is 0 Å². The number of carbonyl (C=O) groups excluding carboxylic acids is 1. The van der Waals surface area contributed by atoms with Gasteiger partial charge in [0.15, 0.2) is 11.0 Å². The Morgan fingerprint density at radius 3 is 3.15 bits per heavy atom. The number of rotatable bonds is 6. The van der Waals surface area contributed by atoms with Gasteiger partial charge in [0.25, 0.3) is 0 Å². The molecule has 27 heavy (non-hydrogen) atoms. The van der Waals surface area contributed by atoms with Crippen LogP contribution in [0.4, 0.5) is 5.69 Å². The van der Waals surface area contributed by atoms with E-state index in [9.17, 15) is 4.79 Å². The van der Waals surface area contributed by atoms with Crippen LogP contribution in [0.25, 0.3) is 20.9 Å². The van der Waals surface area contributed by atoms with Crippen molar-refractivity contribution < 1.29 is 14.3 Å². The molecule has 0 unspecified atom stereocenters. The summed E-state index contributed by atoms with van der Waals surface area (Å²) in [6.07, 6.45) is 3.88. The maximum Gasteiger partial charge on any atom is 0.316 e. The number of thiophene rings is 1. The number of nitrogens with two attached hydrogens (primary N) is 1. The van der Waals surface area contributed by atoms with Crippen LogP contribution >= 0.6 is 23.1 Å². The SMILES string of the molecule is COC(=O)CSc1nnc(-c2sc3ncccc3c2N)n1C[C@H]1CCCO1. The number of nitrogen functional groups attached to an aromatic ring is 1. The van der Waals surface area contributed by atoms with E-state index in [1.165, 1.54) is 30.2 Å². The second kappa shape index (κ2) is 7.83. The van der Waals surface area contributed by atoms with E-state index in [0.717, 1.165) is 34.5 Å². The highest BCUT2D eigenvalue weighted by atomic mass is 32.2. The zero-order valence-electron chi connectivity index (χ0n) is 14.8. The Balaban J connectivity index is 1.72. The summed E-state index contributed by atoms with van der Waals surface area (Å²) >= 11 is 2.79. The Morgan fingerprint density at radius 2 is 2.41 bits per heavy atom. The van der Waals surface area contributed by atoms with Crippen molar-refractivity contribution in [2.45, 2.75) is 30.6 Å². The van der Waals surface area contributed by atoms with Crippen molar-refractivity contribution in [3.63, 3.8) is 0 Å². The summed E-state index contributed by atoms with van der Waals surface area (Å²) < 4.78 is 12.5. The van der Waals surface area contributed by atoms with E-state index in [-0.39, 0.29) is 17.8 Å². The van der Waals surface area contributed by atoms with Crippen LogP contribution in [0.5, 0.6) is 0 Å². The number of nitrogens with zero attached hydrogens (tertiary/aromatic N) is 4. The molecule has 0 radical (unpaired) electrons. The lowest BCUT2D eigenvalue weighted by molar-refractivity contribution is -0.137. The van der Waals surface area contributed by atoms with Gasteiger partial charge in [0.1, 0.15) is 4.83 Å². The molecule has 0 aliphatic carbocycles. The van der Waals surface area contributed by atoms with Crippen molar-refractivity contribution in [1.29, 1.82) is 0 Å². The zero-order chi connectivity index (χ0) is 18.8. The third-order valence-electron chi connectivity index (χ3n) is 4.38. The number of fused-ring (bicyclic) bond motifs is 1. The molecule has 0 amide bonds. The molecular formula is C17H19N5O3S2. The maximum atomic E-state index is 11.5. The van der Waals surface area contributed by atoms with Gasteiger partial charge in [0.2, 0.25) is 0 Å². The summed E-state index contributed by atoms with van der Waals surface area (Å²) in [7, 11) is 1.37. The van der Waals surface area contributed by atoms with E-state index in [0.29, 0.717) is 23.2 Å². The normalized spacial score (nSPS) is 16.9. The Morgan fingerprint density at radius 1 is 1.52 bits per heavy atom. The molecule has 4 heterocycles. The first-order valence-electron chi connectivity index (χ1n) is 8.55. The van der Waals surface area contributed by atoms with E-state index in [1.54, 1.807) is 6.20 Å². The molecule has 1 atom stereocenters. The van der Waals surface area contributed by atoms with Gasteiger partial charge in [-0.15, -0.1) is 21.5 Å². The first-order valence-corrected chi connectivity index (χ1v) is 10.4. The van der Waals surface area contributed by atoms with Crippen molar-refractivity contribution in [2.24, 2.45) is 0 Å². The average molecular weight is 406 g/mol. The second-order valence-electron chi connectivity index (χ2n) is 6.12. The lowest BCUT2D eigenvalue weighted by Crippen LogP contribution is -2.17. The molecular weight excluding hydrogens is 386 g/mol. The molecule has 3 aromatic heterocycles. The van der Waals surface area contributed by atoms with Gasteiger partial charge in [-0.25, -0.2) is 4.98 Å². The molecule has 0 spiro atoms. The fourth-order valence-corrected chi connectivity index (χ4v) is 4.86. The summed E-state index contributed by atoms with van der Waals surface area (Å²) in [5.41, 5.74) is 7.03. The molecule has 4 rings (SSSR count). The first kappa shape index (κ1) is 18.2. The van der Waals surface area contributed by atoms with Gasteiger partial charge < -0.3 is 15.2 Å². The van der Waals surface area contributed by atoms with Gasteiger partial charge in [-0.3, -0.25) is 9.36 Å². The monoisotopic (exact) mass is 405 g/mol. The largest absolute Gasteiger partial charge is 0.468 e. The molecule has 1 aliphatic rings. The highest BCUT2D eigenvalue weighted by Gasteiger charge is 2.25. The van der Waals surface area contributed by atoms with Crippen molar-refractivity contribution >= 4 is 45.0 Å². The third-order valence-corrected chi connectivity index (χ3v) is 6.45. The summed E-state index contributed by atoms with van der Waals surface area (Å²) in [4.78, 5) is 17.6. The van der Waals surface area contributed by atoms with Crippen LogP contribution in [0, 0.1) is 0 Å². The third kappa shape index (κ3) is 3.64. The summed E-state index contributed by atoms with van der Waals surface area (Å²) in [6, 6.07) is 3.81. The minimum atomic E-state index is -0.307. The number of methoxy groups -OCH3 is 1. The minimum Gasteiger partial charge on any atom is -0.468 e. The molecule has 3 aromatic rings. The number of carbonyl (C=O) groups is 1. The summed E-state index contributed by atoms with van der Waals surface area (Å²) in [5, 5.41) is 10.2. The lowest BCUT2D eigenvalue weighted by Gasteiger charge is -2.14. The number of ether oxygens (including phenoxy) is 2. The molecule has 10 heteroatoms. The number of hydrogen-bond donors (Lipinski definition) is 1. The molecule has 1 fully saturated rings. The van der Waals surface area contributed by atoms with Crippen LogP contribution in [0.15, 0.2) is 23.5 Å². The number of hydrogen-bond acceptors (Lipinski definition) is 9. The van der Waals surface area contributed by atoms with E-state index >= 15 is 0 Å². The molecule has 0 aromatic carbocycles. The fraction of sp³-hybridized carbons (Fsp3) is 0.412. The zero-order valence-corrected chi connectivity index (χ0v) is 16.4. The van der Waals surface area contributed by atoms with Crippen molar-refractivity contribution in [3.8, 4) is 10.7 Å². The second-order valence-corrected chi connectivity index (χ2v) is 8.06. The van der Waals surface area contributed by atoms with E-state index in [4.69, 9.17) is 15.2 Å². The smallest absolute Gasteiger partial charge is 0.316 e. The van der Waals surface area contributed by atoms with Crippen LogP contribution < -0.4 is 5.73 Å². The van der Waals surface area contributed by atoms with Crippen molar-refractivity contribution in [2.75, 3.05) is 25.2 Å². The molecule has 2 N–H and O–H groups in total. The first-order chi connectivity index (χ1) is 13.2.